The number of rotatable bonds is 3. The highest BCUT2D eigenvalue weighted by Crippen LogP contribution is 2.34. The van der Waals surface area contributed by atoms with Crippen LogP contribution in [0.1, 0.15) is 19.8 Å². The number of hydrogen-bond acceptors (Lipinski definition) is 1. The van der Waals surface area contributed by atoms with Crippen LogP contribution in [0.25, 0.3) is 0 Å². The summed E-state index contributed by atoms with van der Waals surface area (Å²) in [4.78, 5) is 10.6. The lowest BCUT2D eigenvalue weighted by molar-refractivity contribution is -0.135. The summed E-state index contributed by atoms with van der Waals surface area (Å²) >= 11 is 4.50. The molecule has 0 bridgehead atoms. The molecule has 2 nitrogen and oxygen atoms in total. The fourth-order valence-electron chi connectivity index (χ4n) is 1.13. The second kappa shape index (κ2) is 3.17. The Kier molecular flexibility index (Phi) is 2.56. The molecule has 0 aromatic rings. The Hall–Kier alpha value is -0.380. The first kappa shape index (κ1) is 9.71. The molecule has 70 valence electrons. The van der Waals surface area contributed by atoms with Gasteiger partial charge in [-0.3, -0.25) is 4.79 Å². The van der Waals surface area contributed by atoms with E-state index >= 15 is 0 Å². The second-order valence-corrected chi connectivity index (χ2v) is 3.46. The lowest BCUT2D eigenvalue weighted by Gasteiger charge is -2.07. The third kappa shape index (κ3) is 2.30. The van der Waals surface area contributed by atoms with Gasteiger partial charge in [0.05, 0.1) is 0 Å². The molecule has 12 heavy (non-hydrogen) atoms. The Bertz CT molecular complexity index is 192. The summed E-state index contributed by atoms with van der Waals surface area (Å²) in [5.74, 6) is -1.03. The van der Waals surface area contributed by atoms with E-state index in [4.69, 9.17) is 0 Å². The van der Waals surface area contributed by atoms with Gasteiger partial charge in [-0.15, -0.1) is 0 Å². The fraction of sp³-hybridized carbons (Fsp3) is 0.857. The Morgan fingerprint density at radius 1 is 1.75 bits per heavy atom. The monoisotopic (exact) mass is 197 g/mol. The molecule has 0 aromatic carbocycles. The lowest BCUT2D eigenvalue weighted by Crippen LogP contribution is -2.37. The summed E-state index contributed by atoms with van der Waals surface area (Å²) in [6, 6.07) is -0.0906. The molecular weight excluding hydrogens is 188 g/mol. The maximum Gasteiger partial charge on any atom is 0.399 e. The zero-order chi connectivity index (χ0) is 9.35. The smallest absolute Gasteiger partial charge is 0.347 e. The first-order chi connectivity index (χ1) is 5.45. The molecule has 0 aromatic heterocycles. The molecule has 0 radical (unpaired) electrons. The Morgan fingerprint density at radius 2 is 2.33 bits per heavy atom. The Labute approximate surface area is 74.3 Å². The van der Waals surface area contributed by atoms with Crippen LogP contribution >= 0.6 is 11.6 Å². The summed E-state index contributed by atoms with van der Waals surface area (Å²) in [6.45, 7) is 1.95. The number of amides is 1. The van der Waals surface area contributed by atoms with Gasteiger partial charge in [-0.05, 0) is 23.9 Å². The van der Waals surface area contributed by atoms with E-state index in [1.807, 2.05) is 6.92 Å². The third-order valence-electron chi connectivity index (χ3n) is 2.02. The molecule has 1 aliphatic rings. The normalized spacial score (nSPS) is 28.3. The molecule has 1 N–H and O–H groups in total. The van der Waals surface area contributed by atoms with Crippen molar-refractivity contribution in [1.29, 1.82) is 0 Å². The van der Waals surface area contributed by atoms with Crippen molar-refractivity contribution >= 4 is 17.5 Å². The van der Waals surface area contributed by atoms with Gasteiger partial charge in [0.1, 0.15) is 0 Å². The highest BCUT2D eigenvalue weighted by Gasteiger charge is 2.43. The van der Waals surface area contributed by atoms with Crippen LogP contribution in [-0.2, 0) is 4.79 Å². The van der Waals surface area contributed by atoms with Crippen molar-refractivity contribution in [3.8, 4) is 0 Å². The van der Waals surface area contributed by atoms with Crippen LogP contribution in [0.5, 0.6) is 0 Å². The number of carbonyl (C=O) groups excluding carboxylic acids is 1. The summed E-state index contributed by atoms with van der Waals surface area (Å²) in [5.41, 5.74) is 0. The number of alkyl halides is 3. The van der Waals surface area contributed by atoms with Gasteiger partial charge in [-0.2, -0.15) is 8.78 Å². The van der Waals surface area contributed by atoms with Crippen LogP contribution in [0.2, 0.25) is 0 Å². The van der Waals surface area contributed by atoms with Gasteiger partial charge >= 0.3 is 11.3 Å². The maximum atomic E-state index is 12.1. The first-order valence-electron chi connectivity index (χ1n) is 3.82. The fourth-order valence-corrected chi connectivity index (χ4v) is 1.18. The highest BCUT2D eigenvalue weighted by molar-refractivity contribution is 6.32. The van der Waals surface area contributed by atoms with E-state index < -0.39 is 11.3 Å². The van der Waals surface area contributed by atoms with Crippen LogP contribution in [0.15, 0.2) is 0 Å². The number of nitrogens with one attached hydrogen (secondary N) is 1. The van der Waals surface area contributed by atoms with Crippen molar-refractivity contribution in [3.63, 3.8) is 0 Å². The summed E-state index contributed by atoms with van der Waals surface area (Å²) in [7, 11) is 0. The summed E-state index contributed by atoms with van der Waals surface area (Å²) < 4.78 is 24.2. The second-order valence-electron chi connectivity index (χ2n) is 2.98. The van der Waals surface area contributed by atoms with E-state index in [0.717, 1.165) is 12.8 Å². The molecule has 2 atom stereocenters. The van der Waals surface area contributed by atoms with E-state index in [1.54, 1.807) is 0 Å². The average Bonchev–Trinajstić information content (AvgIpc) is 2.65. The minimum atomic E-state index is -3.76. The van der Waals surface area contributed by atoms with Gasteiger partial charge < -0.3 is 5.32 Å². The molecule has 1 amide bonds. The van der Waals surface area contributed by atoms with Gasteiger partial charge in [-0.1, -0.05) is 13.3 Å². The van der Waals surface area contributed by atoms with Crippen molar-refractivity contribution in [1.82, 2.24) is 5.32 Å². The van der Waals surface area contributed by atoms with Gasteiger partial charge in [0.2, 0.25) is 0 Å². The standard InChI is InChI=1S/C7H10ClF2NO/c1-2-4-3-5(4)11-6(12)7(8,9)10/h4-5H,2-3H2,1H3,(H,11,12). The van der Waals surface area contributed by atoms with Crippen molar-refractivity contribution in [2.45, 2.75) is 31.2 Å². The number of halogens is 3. The highest BCUT2D eigenvalue weighted by atomic mass is 35.5. The minimum absolute atomic E-state index is 0.0906. The first-order valence-corrected chi connectivity index (χ1v) is 4.20. The molecular formula is C7H10ClF2NO. The summed E-state index contributed by atoms with van der Waals surface area (Å²) in [5, 5.41) is -1.59. The lowest BCUT2D eigenvalue weighted by atomic mass is 10.3. The zero-order valence-electron chi connectivity index (χ0n) is 6.61. The number of carbonyl (C=O) groups is 1. The van der Waals surface area contributed by atoms with E-state index in [0.29, 0.717) is 5.92 Å². The van der Waals surface area contributed by atoms with Gasteiger partial charge in [0, 0.05) is 6.04 Å². The Balaban J connectivity index is 2.30. The van der Waals surface area contributed by atoms with Crippen LogP contribution in [0.3, 0.4) is 0 Å². The molecule has 0 heterocycles. The maximum absolute atomic E-state index is 12.1. The average molecular weight is 198 g/mol. The van der Waals surface area contributed by atoms with E-state index in [2.05, 4.69) is 16.9 Å². The SMILES string of the molecule is CCC1CC1NC(=O)C(F)(F)Cl. The van der Waals surface area contributed by atoms with Gasteiger partial charge in [0.25, 0.3) is 0 Å². The largest absolute Gasteiger partial charge is 0.399 e. The van der Waals surface area contributed by atoms with Gasteiger partial charge in [0.15, 0.2) is 0 Å². The molecule has 1 fully saturated rings. The molecule has 1 rings (SSSR count). The Morgan fingerprint density at radius 3 is 2.67 bits per heavy atom. The van der Waals surface area contributed by atoms with Crippen molar-refractivity contribution in [2.75, 3.05) is 0 Å². The molecule has 0 saturated heterocycles. The van der Waals surface area contributed by atoms with Crippen molar-refractivity contribution in [2.24, 2.45) is 5.92 Å². The van der Waals surface area contributed by atoms with Crippen LogP contribution < -0.4 is 5.32 Å². The topological polar surface area (TPSA) is 29.1 Å². The van der Waals surface area contributed by atoms with E-state index in [9.17, 15) is 13.6 Å². The third-order valence-corrected chi connectivity index (χ3v) is 2.19. The molecule has 1 aliphatic carbocycles. The molecule has 5 heteroatoms. The van der Waals surface area contributed by atoms with Gasteiger partial charge in [-0.25, -0.2) is 0 Å². The van der Waals surface area contributed by atoms with E-state index in [-0.39, 0.29) is 6.04 Å². The van der Waals surface area contributed by atoms with E-state index in [1.165, 1.54) is 0 Å². The minimum Gasteiger partial charge on any atom is -0.347 e. The quantitative estimate of drug-likeness (QED) is 0.686. The zero-order valence-corrected chi connectivity index (χ0v) is 7.37. The predicted molar refractivity (Wildman–Crippen MR) is 41.1 cm³/mol. The van der Waals surface area contributed by atoms with Crippen molar-refractivity contribution < 1.29 is 13.6 Å². The summed E-state index contributed by atoms with van der Waals surface area (Å²) in [6.07, 6.45) is 1.69. The molecule has 1 saturated carbocycles. The molecule has 0 spiro atoms. The van der Waals surface area contributed by atoms with Crippen LogP contribution in [0, 0.1) is 5.92 Å². The van der Waals surface area contributed by atoms with Crippen molar-refractivity contribution in [3.05, 3.63) is 0 Å². The van der Waals surface area contributed by atoms with Crippen LogP contribution in [-0.4, -0.2) is 17.3 Å². The predicted octanol–water partition coefficient (Wildman–Crippen LogP) is 1.73. The molecule has 2 unspecified atom stereocenters. The van der Waals surface area contributed by atoms with Crippen LogP contribution in [0.4, 0.5) is 8.78 Å². The number of hydrogen-bond donors (Lipinski definition) is 1. The molecule has 0 aliphatic heterocycles.